The zero-order valence-corrected chi connectivity index (χ0v) is 10.2. The molecular weight excluding hydrogens is 192 g/mol. The molecule has 0 saturated heterocycles. The van der Waals surface area contributed by atoms with E-state index in [0.717, 1.165) is 12.8 Å². The number of hydrogen-bond acceptors (Lipinski definition) is 2. The Hall–Kier alpha value is -0.860. The van der Waals surface area contributed by atoms with Crippen LogP contribution in [0.4, 0.5) is 0 Å². The van der Waals surface area contributed by atoms with Gasteiger partial charge in [0.1, 0.15) is 5.78 Å². The van der Waals surface area contributed by atoms with Crippen LogP contribution >= 0.6 is 0 Å². The van der Waals surface area contributed by atoms with E-state index in [1.54, 1.807) is 0 Å². The van der Waals surface area contributed by atoms with Crippen molar-refractivity contribution in [2.75, 3.05) is 0 Å². The lowest BCUT2D eigenvalue weighted by atomic mass is 9.77. The minimum atomic E-state index is -0.834. The van der Waals surface area contributed by atoms with Crippen LogP contribution in [-0.2, 0) is 9.59 Å². The molecule has 0 amide bonds. The highest BCUT2D eigenvalue weighted by Crippen LogP contribution is 2.28. The zero-order chi connectivity index (χ0) is 12.1. The van der Waals surface area contributed by atoms with Gasteiger partial charge in [0, 0.05) is 17.8 Å². The molecule has 1 N–H and O–H groups in total. The van der Waals surface area contributed by atoms with Gasteiger partial charge < -0.3 is 5.11 Å². The van der Waals surface area contributed by atoms with E-state index in [-0.39, 0.29) is 18.1 Å². The zero-order valence-electron chi connectivity index (χ0n) is 10.2. The summed E-state index contributed by atoms with van der Waals surface area (Å²) in [4.78, 5) is 22.4. The van der Waals surface area contributed by atoms with Crippen molar-refractivity contribution in [2.45, 2.75) is 53.4 Å². The van der Waals surface area contributed by atoms with E-state index in [2.05, 4.69) is 0 Å². The van der Waals surface area contributed by atoms with Gasteiger partial charge in [-0.05, 0) is 12.8 Å². The molecule has 0 spiro atoms. The van der Waals surface area contributed by atoms with E-state index < -0.39 is 11.4 Å². The molecule has 0 aliphatic heterocycles. The Balaban J connectivity index is 4.30. The quantitative estimate of drug-likeness (QED) is 0.709. The molecule has 0 fully saturated rings. The van der Waals surface area contributed by atoms with Crippen LogP contribution in [0.3, 0.4) is 0 Å². The number of carbonyl (C=O) groups excluding carboxylic acids is 1. The largest absolute Gasteiger partial charge is 0.481 e. The summed E-state index contributed by atoms with van der Waals surface area (Å²) in [6.07, 6.45) is 2.37. The van der Waals surface area contributed by atoms with E-state index in [1.807, 2.05) is 27.7 Å². The molecule has 88 valence electrons. The maximum Gasteiger partial charge on any atom is 0.303 e. The van der Waals surface area contributed by atoms with Crippen molar-refractivity contribution in [1.29, 1.82) is 0 Å². The summed E-state index contributed by atoms with van der Waals surface area (Å²) in [5.41, 5.74) is -0.507. The molecule has 0 rings (SSSR count). The molecular formula is C12H22O3. The second kappa shape index (κ2) is 5.89. The Morgan fingerprint density at radius 2 is 1.87 bits per heavy atom. The van der Waals surface area contributed by atoms with Gasteiger partial charge in [0.2, 0.25) is 0 Å². The summed E-state index contributed by atoms with van der Waals surface area (Å²) in [5, 5.41) is 8.59. The molecule has 1 atom stereocenters. The highest BCUT2D eigenvalue weighted by Gasteiger charge is 2.31. The Kier molecular flexibility index (Phi) is 5.55. The number of hydrogen-bond donors (Lipinski definition) is 1. The molecule has 0 aromatic rings. The second-order valence-corrected chi connectivity index (χ2v) is 4.83. The first kappa shape index (κ1) is 14.1. The predicted molar refractivity (Wildman–Crippen MR) is 59.7 cm³/mol. The van der Waals surface area contributed by atoms with Crippen molar-refractivity contribution in [3.05, 3.63) is 0 Å². The average molecular weight is 214 g/mol. The van der Waals surface area contributed by atoms with Crippen molar-refractivity contribution < 1.29 is 14.7 Å². The summed E-state index contributed by atoms with van der Waals surface area (Å²) in [5.74, 6) is -0.608. The standard InChI is InChI=1S/C12H22O3/c1-5-6-9(2)11(15)12(3,4)8-7-10(13)14/h9H,5-8H2,1-4H3,(H,13,14). The van der Waals surface area contributed by atoms with Crippen molar-refractivity contribution >= 4 is 11.8 Å². The van der Waals surface area contributed by atoms with Crippen LogP contribution in [0, 0.1) is 11.3 Å². The van der Waals surface area contributed by atoms with Gasteiger partial charge >= 0.3 is 5.97 Å². The van der Waals surface area contributed by atoms with E-state index in [1.165, 1.54) is 0 Å². The molecule has 0 aliphatic rings. The van der Waals surface area contributed by atoms with Crippen molar-refractivity contribution in [3.8, 4) is 0 Å². The molecule has 0 radical (unpaired) electrons. The summed E-state index contributed by atoms with van der Waals surface area (Å²) in [6.45, 7) is 7.65. The maximum atomic E-state index is 12.0. The summed E-state index contributed by atoms with van der Waals surface area (Å²) in [7, 11) is 0. The van der Waals surface area contributed by atoms with Gasteiger partial charge in [-0.1, -0.05) is 34.1 Å². The molecule has 0 aromatic carbocycles. The Morgan fingerprint density at radius 1 is 1.33 bits per heavy atom. The van der Waals surface area contributed by atoms with Crippen LogP contribution in [0.25, 0.3) is 0 Å². The lowest BCUT2D eigenvalue weighted by Crippen LogP contribution is -2.30. The van der Waals surface area contributed by atoms with Crippen molar-refractivity contribution in [3.63, 3.8) is 0 Å². The van der Waals surface area contributed by atoms with Gasteiger partial charge in [-0.3, -0.25) is 9.59 Å². The van der Waals surface area contributed by atoms with Crippen molar-refractivity contribution in [2.24, 2.45) is 11.3 Å². The minimum absolute atomic E-state index is 0.0406. The highest BCUT2D eigenvalue weighted by molar-refractivity contribution is 5.86. The smallest absolute Gasteiger partial charge is 0.303 e. The highest BCUT2D eigenvalue weighted by atomic mass is 16.4. The summed E-state index contributed by atoms with van der Waals surface area (Å²) < 4.78 is 0. The number of Topliss-reactive ketones (excluding diaryl/α,β-unsaturated/α-hetero) is 1. The van der Waals surface area contributed by atoms with Crippen LogP contribution in [0.5, 0.6) is 0 Å². The van der Waals surface area contributed by atoms with Gasteiger partial charge in [-0.25, -0.2) is 0 Å². The number of carboxylic acids is 1. The van der Waals surface area contributed by atoms with E-state index in [4.69, 9.17) is 5.11 Å². The van der Waals surface area contributed by atoms with Crippen molar-refractivity contribution in [1.82, 2.24) is 0 Å². The van der Waals surface area contributed by atoms with E-state index in [9.17, 15) is 9.59 Å². The van der Waals surface area contributed by atoms with Gasteiger partial charge in [-0.2, -0.15) is 0 Å². The maximum absolute atomic E-state index is 12.0. The lowest BCUT2D eigenvalue weighted by Gasteiger charge is -2.25. The van der Waals surface area contributed by atoms with E-state index >= 15 is 0 Å². The predicted octanol–water partition coefficient (Wildman–Crippen LogP) is 2.88. The SMILES string of the molecule is CCCC(C)C(=O)C(C)(C)CCC(=O)O. The Morgan fingerprint density at radius 3 is 2.27 bits per heavy atom. The summed E-state index contributed by atoms with van der Waals surface area (Å²) >= 11 is 0. The van der Waals surface area contributed by atoms with Crippen LogP contribution < -0.4 is 0 Å². The second-order valence-electron chi connectivity index (χ2n) is 4.83. The molecule has 0 heterocycles. The van der Waals surface area contributed by atoms with Gasteiger partial charge in [-0.15, -0.1) is 0 Å². The molecule has 3 heteroatoms. The number of rotatable bonds is 7. The number of carbonyl (C=O) groups is 2. The molecule has 1 unspecified atom stereocenters. The third-order valence-electron chi connectivity index (χ3n) is 2.80. The molecule has 0 bridgehead atoms. The first-order valence-electron chi connectivity index (χ1n) is 5.57. The van der Waals surface area contributed by atoms with Crippen LogP contribution in [0.1, 0.15) is 53.4 Å². The molecule has 15 heavy (non-hydrogen) atoms. The van der Waals surface area contributed by atoms with Crippen LogP contribution in [-0.4, -0.2) is 16.9 Å². The fourth-order valence-electron chi connectivity index (χ4n) is 1.77. The fourth-order valence-corrected chi connectivity index (χ4v) is 1.77. The van der Waals surface area contributed by atoms with Crippen LogP contribution in [0.2, 0.25) is 0 Å². The minimum Gasteiger partial charge on any atom is -0.481 e. The molecule has 0 saturated carbocycles. The van der Waals surface area contributed by atoms with E-state index in [0.29, 0.717) is 6.42 Å². The van der Waals surface area contributed by atoms with Gasteiger partial charge in [0.15, 0.2) is 0 Å². The molecule has 0 aliphatic carbocycles. The summed E-state index contributed by atoms with van der Waals surface area (Å²) in [6, 6.07) is 0. The molecule has 3 nitrogen and oxygen atoms in total. The van der Waals surface area contributed by atoms with Gasteiger partial charge in [0.05, 0.1) is 0 Å². The first-order valence-corrected chi connectivity index (χ1v) is 5.57. The van der Waals surface area contributed by atoms with Crippen LogP contribution in [0.15, 0.2) is 0 Å². The third-order valence-corrected chi connectivity index (χ3v) is 2.80. The number of ketones is 1. The van der Waals surface area contributed by atoms with Gasteiger partial charge in [0.25, 0.3) is 0 Å². The normalized spacial score (nSPS) is 13.6. The lowest BCUT2D eigenvalue weighted by molar-refractivity contribution is -0.138. The molecule has 0 aromatic heterocycles. The Bertz CT molecular complexity index is 231. The third kappa shape index (κ3) is 4.96. The average Bonchev–Trinajstić information content (AvgIpc) is 2.14. The monoisotopic (exact) mass is 214 g/mol. The topological polar surface area (TPSA) is 54.4 Å². The number of carboxylic acid groups (broad SMARTS) is 1. The number of aliphatic carboxylic acids is 1. The Labute approximate surface area is 91.9 Å². The first-order chi connectivity index (χ1) is 6.81. The fraction of sp³-hybridized carbons (Fsp3) is 0.833.